The zero-order valence-corrected chi connectivity index (χ0v) is 36.5. The van der Waals surface area contributed by atoms with Gasteiger partial charge in [0.2, 0.25) is 0 Å². The Balaban J connectivity index is 0.862. The summed E-state index contributed by atoms with van der Waals surface area (Å²) in [5.74, 6) is 1.93. The molecule has 2 heterocycles. The highest BCUT2D eigenvalue weighted by Gasteiger charge is 2.48. The van der Waals surface area contributed by atoms with Crippen LogP contribution < -0.4 is 14.7 Å². The Labute approximate surface area is 372 Å². The Morgan fingerprint density at radius 2 is 0.683 bits per heavy atom. The maximum Gasteiger partial charge on any atom is 0.0551 e. The van der Waals surface area contributed by atoms with Gasteiger partial charge in [0.05, 0.1) is 24.2 Å². The van der Waals surface area contributed by atoms with Crippen molar-refractivity contribution in [2.75, 3.05) is 14.7 Å². The predicted molar refractivity (Wildman–Crippen MR) is 263 cm³/mol. The van der Waals surface area contributed by atoms with Crippen LogP contribution in [0.3, 0.4) is 0 Å². The number of fused-ring (bicyclic) bond motifs is 12. The molecule has 3 nitrogen and oxygen atoms in total. The summed E-state index contributed by atoms with van der Waals surface area (Å²) >= 11 is 0. The lowest BCUT2D eigenvalue weighted by Gasteiger charge is -2.33. The Hall–Kier alpha value is -6.58. The molecule has 8 unspecified atom stereocenters. The fourth-order valence-corrected chi connectivity index (χ4v) is 13.1. The normalized spacial score (nSPS) is 28.3. The van der Waals surface area contributed by atoms with Crippen LogP contribution in [0.2, 0.25) is 0 Å². The second-order valence-electron chi connectivity index (χ2n) is 20.0. The first-order valence-electron chi connectivity index (χ1n) is 23.2. The van der Waals surface area contributed by atoms with E-state index in [9.17, 15) is 0 Å². The molecule has 0 spiro atoms. The maximum atomic E-state index is 2.68. The van der Waals surface area contributed by atoms with Gasteiger partial charge < -0.3 is 14.7 Å². The van der Waals surface area contributed by atoms with Gasteiger partial charge in [0.1, 0.15) is 0 Å². The van der Waals surface area contributed by atoms with Crippen molar-refractivity contribution >= 4 is 28.4 Å². The van der Waals surface area contributed by atoms with Crippen LogP contribution in [0.1, 0.15) is 49.9 Å². The standard InChI is InChI=1S/C60H53N3/c1-59(2)51-34-39(26-30-43(51)45-32-28-41(36-53(45)59)62-55-22-12-8-18-47(55)48-19-9-13-23-56(48)62)61(38-16-6-5-7-17-38)40-27-31-44-46-33-29-42(37-54(46)60(3,4)52(44)35-40)63-57-24-14-10-20-49(57)50-21-11-15-25-58(50)63/h5-37,47-50,55-58H,1-4H3. The molecule has 3 heteroatoms. The molecule has 2 fully saturated rings. The van der Waals surface area contributed by atoms with Crippen LogP contribution in [0.4, 0.5) is 28.4 Å². The lowest BCUT2D eigenvalue weighted by atomic mass is 9.81. The molecule has 2 aliphatic heterocycles. The van der Waals surface area contributed by atoms with Gasteiger partial charge in [-0.25, -0.2) is 0 Å². The van der Waals surface area contributed by atoms with E-state index < -0.39 is 0 Å². The van der Waals surface area contributed by atoms with E-state index in [2.05, 4.69) is 243 Å². The van der Waals surface area contributed by atoms with Gasteiger partial charge in [0.25, 0.3) is 0 Å². The third-order valence-corrected chi connectivity index (χ3v) is 16.2. The highest BCUT2D eigenvalue weighted by atomic mass is 15.2. The van der Waals surface area contributed by atoms with Crippen LogP contribution in [0.25, 0.3) is 22.3 Å². The number of nitrogens with zero attached hydrogens (tertiary/aromatic N) is 3. The smallest absolute Gasteiger partial charge is 0.0551 e. The molecule has 0 aromatic heterocycles. The maximum absolute atomic E-state index is 2.68. The lowest BCUT2D eigenvalue weighted by Crippen LogP contribution is -2.37. The van der Waals surface area contributed by atoms with Gasteiger partial charge in [-0.15, -0.1) is 0 Å². The summed E-state index contributed by atoms with van der Waals surface area (Å²) in [5, 5.41) is 0. The first kappa shape index (κ1) is 37.0. The van der Waals surface area contributed by atoms with Crippen molar-refractivity contribution in [3.05, 3.63) is 223 Å². The Morgan fingerprint density at radius 3 is 1.06 bits per heavy atom. The van der Waals surface area contributed by atoms with Gasteiger partial charge in [0.15, 0.2) is 0 Å². The Kier molecular flexibility index (Phi) is 7.91. The van der Waals surface area contributed by atoms with E-state index in [-0.39, 0.29) is 10.8 Å². The molecule has 13 rings (SSSR count). The molecule has 6 aliphatic carbocycles. The summed E-state index contributed by atoms with van der Waals surface area (Å²) in [6, 6.07) is 41.4. The minimum Gasteiger partial charge on any atom is -0.357 e. The summed E-state index contributed by atoms with van der Waals surface area (Å²) in [5.41, 5.74) is 16.8. The molecule has 0 bridgehead atoms. The van der Waals surface area contributed by atoms with Gasteiger partial charge >= 0.3 is 0 Å². The second-order valence-corrected chi connectivity index (χ2v) is 20.0. The quantitative estimate of drug-likeness (QED) is 0.175. The van der Waals surface area contributed by atoms with Gasteiger partial charge in [-0.3, -0.25) is 0 Å². The molecule has 2 saturated heterocycles. The SMILES string of the molecule is CC1(C)c2cc(N(c3ccccc3)c3ccc4c(c3)C(C)(C)c3cc(N5C6C=CC=CC6C6C=CC=CC65)ccc3-4)ccc2-c2ccc(N3C4C=CC=CC4C4C=CC=CC43)cc21. The zero-order valence-electron chi connectivity index (χ0n) is 36.5. The van der Waals surface area contributed by atoms with E-state index in [1.54, 1.807) is 0 Å². The number of allylic oxidation sites excluding steroid dienone is 8. The van der Waals surface area contributed by atoms with E-state index in [0.29, 0.717) is 47.8 Å². The molecular weight excluding hydrogens is 763 g/mol. The van der Waals surface area contributed by atoms with Crippen molar-refractivity contribution in [1.29, 1.82) is 0 Å². The monoisotopic (exact) mass is 815 g/mol. The molecule has 0 amide bonds. The average molecular weight is 816 g/mol. The number of rotatable bonds is 5. The highest BCUT2D eigenvalue weighted by Crippen LogP contribution is 2.56. The topological polar surface area (TPSA) is 9.72 Å². The molecule has 0 saturated carbocycles. The molecule has 63 heavy (non-hydrogen) atoms. The summed E-state index contributed by atoms with van der Waals surface area (Å²) in [4.78, 5) is 7.84. The predicted octanol–water partition coefficient (Wildman–Crippen LogP) is 13.9. The third-order valence-electron chi connectivity index (χ3n) is 16.2. The van der Waals surface area contributed by atoms with E-state index in [1.165, 1.54) is 67.3 Å². The average Bonchev–Trinajstić information content (AvgIpc) is 3.98. The molecule has 5 aromatic carbocycles. The molecular formula is C60H53N3. The number of anilines is 5. The summed E-state index contributed by atoms with van der Waals surface area (Å²) in [6.45, 7) is 9.70. The van der Waals surface area contributed by atoms with Gasteiger partial charge in [0, 0.05) is 62.9 Å². The third kappa shape index (κ3) is 5.26. The Bertz CT molecular complexity index is 2730. The van der Waals surface area contributed by atoms with Gasteiger partial charge in [-0.05, 0) is 105 Å². The molecule has 8 aliphatic rings. The lowest BCUT2D eigenvalue weighted by molar-refractivity contribution is 0.527. The van der Waals surface area contributed by atoms with E-state index in [1.807, 2.05) is 0 Å². The fourth-order valence-electron chi connectivity index (χ4n) is 13.1. The number of para-hydroxylation sites is 1. The van der Waals surface area contributed by atoms with Crippen molar-refractivity contribution in [1.82, 2.24) is 0 Å². The summed E-state index contributed by atoms with van der Waals surface area (Å²) in [6.07, 6.45) is 37.2. The number of benzene rings is 5. The van der Waals surface area contributed by atoms with Crippen LogP contribution in [-0.4, -0.2) is 24.2 Å². The highest BCUT2D eigenvalue weighted by molar-refractivity contribution is 5.89. The van der Waals surface area contributed by atoms with Crippen molar-refractivity contribution in [2.45, 2.75) is 62.7 Å². The van der Waals surface area contributed by atoms with Crippen LogP contribution >= 0.6 is 0 Å². The minimum atomic E-state index is -0.176. The molecule has 5 aromatic rings. The van der Waals surface area contributed by atoms with Crippen LogP contribution in [0, 0.1) is 23.7 Å². The molecule has 8 atom stereocenters. The molecule has 0 radical (unpaired) electrons. The Morgan fingerprint density at radius 1 is 0.349 bits per heavy atom. The van der Waals surface area contributed by atoms with Crippen LogP contribution in [0.15, 0.2) is 200 Å². The van der Waals surface area contributed by atoms with E-state index in [0.717, 1.165) is 5.69 Å². The largest absolute Gasteiger partial charge is 0.357 e. The minimum absolute atomic E-state index is 0.176. The second kappa shape index (κ2) is 13.5. The molecule has 308 valence electrons. The van der Waals surface area contributed by atoms with E-state index in [4.69, 9.17) is 0 Å². The van der Waals surface area contributed by atoms with Crippen molar-refractivity contribution in [3.63, 3.8) is 0 Å². The van der Waals surface area contributed by atoms with E-state index >= 15 is 0 Å². The van der Waals surface area contributed by atoms with Crippen molar-refractivity contribution < 1.29 is 0 Å². The van der Waals surface area contributed by atoms with Gasteiger partial charge in [-0.2, -0.15) is 0 Å². The first-order valence-corrected chi connectivity index (χ1v) is 23.2. The number of hydrogen-bond acceptors (Lipinski definition) is 3. The van der Waals surface area contributed by atoms with Crippen LogP contribution in [-0.2, 0) is 10.8 Å². The van der Waals surface area contributed by atoms with Crippen molar-refractivity contribution in [2.24, 2.45) is 23.7 Å². The number of hydrogen-bond donors (Lipinski definition) is 0. The zero-order chi connectivity index (χ0) is 42.2. The summed E-state index contributed by atoms with van der Waals surface area (Å²) < 4.78 is 0. The first-order chi connectivity index (χ1) is 30.8. The van der Waals surface area contributed by atoms with Crippen molar-refractivity contribution in [3.8, 4) is 22.3 Å². The fraction of sp³-hybridized carbons (Fsp3) is 0.233. The van der Waals surface area contributed by atoms with Crippen LogP contribution in [0.5, 0.6) is 0 Å². The molecule has 0 N–H and O–H groups in total. The van der Waals surface area contributed by atoms with Gasteiger partial charge in [-0.1, -0.05) is 167 Å². The summed E-state index contributed by atoms with van der Waals surface area (Å²) in [7, 11) is 0.